The summed E-state index contributed by atoms with van der Waals surface area (Å²) in [4.78, 5) is 12.2. The second kappa shape index (κ2) is 9.19. The third-order valence-electron chi connectivity index (χ3n) is 6.01. The zero-order valence-electron chi connectivity index (χ0n) is 16.0. The molecule has 1 aliphatic heterocycles. The Balaban J connectivity index is 1.87. The van der Waals surface area contributed by atoms with Gasteiger partial charge in [-0.3, -0.25) is 0 Å². The number of aliphatic hydroxyl groups excluding tert-OH is 6. The van der Waals surface area contributed by atoms with E-state index in [2.05, 4.69) is 0 Å². The van der Waals surface area contributed by atoms with Crippen molar-refractivity contribution < 1.29 is 49.6 Å². The van der Waals surface area contributed by atoms with E-state index >= 15 is 0 Å². The topological polar surface area (TPSA) is 166 Å². The van der Waals surface area contributed by atoms with Crippen LogP contribution in [-0.2, 0) is 19.0 Å². The normalized spacial score (nSPS) is 42.1. The smallest absolute Gasteiger partial charge is 0.333 e. The summed E-state index contributed by atoms with van der Waals surface area (Å²) in [5.41, 5.74) is 0.961. The Morgan fingerprint density at radius 3 is 2.41 bits per heavy atom. The number of carbonyl (C=O) groups excluding carboxylic acids is 1. The molecule has 2 aliphatic carbocycles. The van der Waals surface area contributed by atoms with Crippen molar-refractivity contribution in [1.82, 2.24) is 0 Å². The van der Waals surface area contributed by atoms with Gasteiger partial charge in [-0.15, -0.1) is 0 Å². The molecule has 0 radical (unpaired) electrons. The molecule has 0 spiro atoms. The predicted octanol–water partition coefficient (Wildman–Crippen LogP) is -2.55. The van der Waals surface area contributed by atoms with Gasteiger partial charge in [0, 0.05) is 29.9 Å². The molecule has 0 saturated carbocycles. The molecule has 0 amide bonds. The van der Waals surface area contributed by atoms with E-state index in [-0.39, 0.29) is 19.6 Å². The van der Waals surface area contributed by atoms with E-state index in [9.17, 15) is 35.4 Å². The molecule has 9 unspecified atom stereocenters. The van der Waals surface area contributed by atoms with Gasteiger partial charge in [0.25, 0.3) is 0 Å². The van der Waals surface area contributed by atoms with Gasteiger partial charge in [-0.2, -0.15) is 0 Å². The first-order valence-electron chi connectivity index (χ1n) is 9.54. The highest BCUT2D eigenvalue weighted by Gasteiger charge is 2.50. The summed E-state index contributed by atoms with van der Waals surface area (Å²) in [5.74, 6) is -1.92. The highest BCUT2D eigenvalue weighted by Crippen LogP contribution is 2.48. The predicted molar refractivity (Wildman–Crippen MR) is 96.1 cm³/mol. The van der Waals surface area contributed by atoms with Gasteiger partial charge in [-0.05, 0) is 12.0 Å². The van der Waals surface area contributed by atoms with Crippen molar-refractivity contribution in [3.8, 4) is 0 Å². The Labute approximate surface area is 167 Å². The van der Waals surface area contributed by atoms with Gasteiger partial charge >= 0.3 is 5.97 Å². The molecular formula is C19H28O10. The van der Waals surface area contributed by atoms with Crippen molar-refractivity contribution in [3.05, 3.63) is 23.3 Å². The Morgan fingerprint density at radius 1 is 1.10 bits per heavy atom. The van der Waals surface area contributed by atoms with Crippen LogP contribution in [0.4, 0.5) is 0 Å². The molecule has 164 valence electrons. The van der Waals surface area contributed by atoms with E-state index < -0.39 is 67.1 Å². The van der Waals surface area contributed by atoms with Crippen LogP contribution in [0.1, 0.15) is 6.42 Å². The summed E-state index contributed by atoms with van der Waals surface area (Å²) >= 11 is 0. The highest BCUT2D eigenvalue weighted by molar-refractivity contribution is 5.89. The van der Waals surface area contributed by atoms with Gasteiger partial charge in [-0.25, -0.2) is 4.79 Å². The van der Waals surface area contributed by atoms with E-state index in [1.54, 1.807) is 12.2 Å². The van der Waals surface area contributed by atoms with Gasteiger partial charge in [0.05, 0.1) is 26.4 Å². The second-order valence-corrected chi connectivity index (χ2v) is 7.56. The average molecular weight is 416 g/mol. The standard InChI is InChI=1S/C19H28O10/c1-27-18(26)10-2-3-11(14-9(6-21)4-8(5-20)13(10)14)28-19-17(25)16(24)15(23)12(7-22)29-19/h2,4,8,11-17,19-25H,3,5-7H2,1H3. The van der Waals surface area contributed by atoms with Crippen LogP contribution in [0.25, 0.3) is 0 Å². The van der Waals surface area contributed by atoms with Gasteiger partial charge in [-0.1, -0.05) is 12.2 Å². The number of rotatable bonds is 6. The first-order chi connectivity index (χ1) is 13.9. The maximum absolute atomic E-state index is 12.2. The fourth-order valence-corrected chi connectivity index (χ4v) is 4.56. The number of hydrogen-bond acceptors (Lipinski definition) is 10. The summed E-state index contributed by atoms with van der Waals surface area (Å²) in [6.45, 7) is -1.13. The molecule has 0 aromatic rings. The lowest BCUT2D eigenvalue weighted by Crippen LogP contribution is -2.60. The molecule has 1 saturated heterocycles. The van der Waals surface area contributed by atoms with Crippen LogP contribution in [0.5, 0.6) is 0 Å². The molecule has 0 bridgehead atoms. The zero-order chi connectivity index (χ0) is 21.3. The summed E-state index contributed by atoms with van der Waals surface area (Å²) in [5, 5.41) is 59.1. The molecule has 6 N–H and O–H groups in total. The molecule has 1 heterocycles. The summed E-state index contributed by atoms with van der Waals surface area (Å²) < 4.78 is 16.2. The van der Waals surface area contributed by atoms with Crippen molar-refractivity contribution in [2.24, 2.45) is 17.8 Å². The molecule has 29 heavy (non-hydrogen) atoms. The van der Waals surface area contributed by atoms with E-state index in [1.807, 2.05) is 0 Å². The molecule has 3 aliphatic rings. The number of ether oxygens (including phenoxy) is 3. The van der Waals surface area contributed by atoms with Crippen LogP contribution in [0.3, 0.4) is 0 Å². The fourth-order valence-electron chi connectivity index (χ4n) is 4.56. The van der Waals surface area contributed by atoms with Crippen LogP contribution in [0.15, 0.2) is 23.3 Å². The van der Waals surface area contributed by atoms with Crippen molar-refractivity contribution >= 4 is 5.97 Å². The first-order valence-corrected chi connectivity index (χ1v) is 9.54. The second-order valence-electron chi connectivity index (χ2n) is 7.56. The largest absolute Gasteiger partial charge is 0.466 e. The van der Waals surface area contributed by atoms with Crippen LogP contribution in [-0.4, -0.2) is 100 Å². The minimum Gasteiger partial charge on any atom is -0.466 e. The lowest BCUT2D eigenvalue weighted by molar-refractivity contribution is -0.315. The van der Waals surface area contributed by atoms with E-state index in [4.69, 9.17) is 14.2 Å². The van der Waals surface area contributed by atoms with Crippen LogP contribution < -0.4 is 0 Å². The summed E-state index contributed by atoms with van der Waals surface area (Å²) in [6, 6.07) is 0. The van der Waals surface area contributed by atoms with Gasteiger partial charge in [0.15, 0.2) is 6.29 Å². The molecule has 1 fully saturated rings. The molecule has 0 aromatic heterocycles. The molecular weight excluding hydrogens is 388 g/mol. The first kappa shape index (κ1) is 22.3. The summed E-state index contributed by atoms with van der Waals surface area (Å²) in [6.07, 6.45) is -4.15. The Hall–Kier alpha value is -1.37. The quantitative estimate of drug-likeness (QED) is 0.200. The number of methoxy groups -OCH3 is 1. The SMILES string of the molecule is COC(=O)C1=CCC(OC2OC(CO)C(O)C(O)C2O)C2C(CO)=CC(CO)C12. The Morgan fingerprint density at radius 2 is 1.83 bits per heavy atom. The molecule has 0 aromatic carbocycles. The van der Waals surface area contributed by atoms with Gasteiger partial charge in [0.2, 0.25) is 0 Å². The lowest BCUT2D eigenvalue weighted by Gasteiger charge is -2.43. The third-order valence-corrected chi connectivity index (χ3v) is 6.01. The monoisotopic (exact) mass is 416 g/mol. The van der Waals surface area contributed by atoms with Crippen LogP contribution in [0, 0.1) is 17.8 Å². The maximum Gasteiger partial charge on any atom is 0.333 e. The number of carbonyl (C=O) groups is 1. The zero-order valence-corrected chi connectivity index (χ0v) is 16.0. The van der Waals surface area contributed by atoms with E-state index in [1.165, 1.54) is 7.11 Å². The molecule has 3 rings (SSSR count). The van der Waals surface area contributed by atoms with Gasteiger partial charge in [0.1, 0.15) is 24.4 Å². The van der Waals surface area contributed by atoms with Crippen molar-refractivity contribution in [2.75, 3.05) is 26.9 Å². The average Bonchev–Trinajstić information content (AvgIpc) is 3.13. The van der Waals surface area contributed by atoms with Crippen LogP contribution >= 0.6 is 0 Å². The lowest BCUT2D eigenvalue weighted by atomic mass is 9.73. The van der Waals surface area contributed by atoms with E-state index in [0.717, 1.165) is 0 Å². The van der Waals surface area contributed by atoms with Crippen molar-refractivity contribution in [2.45, 2.75) is 43.2 Å². The Bertz CT molecular complexity index is 659. The van der Waals surface area contributed by atoms with Crippen molar-refractivity contribution in [3.63, 3.8) is 0 Å². The molecule has 10 nitrogen and oxygen atoms in total. The number of esters is 1. The van der Waals surface area contributed by atoms with Gasteiger partial charge < -0.3 is 44.8 Å². The number of aliphatic hydroxyl groups is 6. The summed E-state index contributed by atoms with van der Waals surface area (Å²) in [7, 11) is 1.26. The van der Waals surface area contributed by atoms with E-state index in [0.29, 0.717) is 11.1 Å². The number of fused-ring (bicyclic) bond motifs is 1. The minimum absolute atomic E-state index is 0.232. The molecule has 10 heteroatoms. The third kappa shape index (κ3) is 3.99. The van der Waals surface area contributed by atoms with Crippen molar-refractivity contribution in [1.29, 1.82) is 0 Å². The maximum atomic E-state index is 12.2. The number of hydrogen-bond donors (Lipinski definition) is 6. The highest BCUT2D eigenvalue weighted by atomic mass is 16.7. The minimum atomic E-state index is -1.58. The fraction of sp³-hybridized carbons (Fsp3) is 0.737. The molecule has 9 atom stereocenters. The van der Waals surface area contributed by atoms with Crippen LogP contribution in [0.2, 0.25) is 0 Å². The Kier molecular flexibility index (Phi) is 7.07.